The number of allylic oxidation sites excluding steroid dienone is 1. The highest BCUT2D eigenvalue weighted by Crippen LogP contribution is 2.23. The standard InChI is InChI=1S/C22H19N3O.CH4/c1-2-8-20(9-3-1)26-21-11-10-17(15-25-21)14-18-6-5-13-24-22(18)19-7-4-12-23-16-19;/h1-4,7-12,14-16H,5-6,13H2;1H4/b18-14+;. The van der Waals surface area contributed by atoms with Crippen molar-refractivity contribution in [2.75, 3.05) is 6.54 Å². The second-order valence-electron chi connectivity index (χ2n) is 6.09. The van der Waals surface area contributed by atoms with Gasteiger partial charge < -0.3 is 4.74 Å². The molecule has 1 aliphatic heterocycles. The van der Waals surface area contributed by atoms with Crippen LogP contribution in [0.2, 0.25) is 0 Å². The van der Waals surface area contributed by atoms with Gasteiger partial charge >= 0.3 is 0 Å². The third kappa shape index (κ3) is 4.67. The Labute approximate surface area is 160 Å². The molecule has 0 bridgehead atoms. The second-order valence-corrected chi connectivity index (χ2v) is 6.09. The summed E-state index contributed by atoms with van der Waals surface area (Å²) in [6.07, 6.45) is 9.72. The molecule has 0 radical (unpaired) electrons. The Hall–Kier alpha value is -3.27. The topological polar surface area (TPSA) is 47.4 Å². The molecule has 136 valence electrons. The Balaban J connectivity index is 0.00000210. The zero-order chi connectivity index (χ0) is 17.6. The van der Waals surface area contributed by atoms with Crippen molar-refractivity contribution in [2.45, 2.75) is 20.3 Å². The third-order valence-electron chi connectivity index (χ3n) is 4.18. The molecule has 0 aliphatic carbocycles. The molecule has 2 aromatic heterocycles. The number of aromatic nitrogens is 2. The first-order valence-electron chi connectivity index (χ1n) is 8.73. The van der Waals surface area contributed by atoms with Crippen LogP contribution >= 0.6 is 0 Å². The van der Waals surface area contributed by atoms with Gasteiger partial charge in [0.15, 0.2) is 0 Å². The summed E-state index contributed by atoms with van der Waals surface area (Å²) in [5.41, 5.74) is 4.37. The fourth-order valence-corrected chi connectivity index (χ4v) is 2.95. The Morgan fingerprint density at radius 2 is 1.81 bits per heavy atom. The first-order valence-corrected chi connectivity index (χ1v) is 8.73. The van der Waals surface area contributed by atoms with Gasteiger partial charge in [0.25, 0.3) is 0 Å². The average Bonchev–Trinajstić information content (AvgIpc) is 2.71. The van der Waals surface area contributed by atoms with E-state index in [1.165, 1.54) is 5.57 Å². The van der Waals surface area contributed by atoms with Crippen LogP contribution in [0.25, 0.3) is 6.08 Å². The fourth-order valence-electron chi connectivity index (χ4n) is 2.95. The summed E-state index contributed by atoms with van der Waals surface area (Å²) in [5.74, 6) is 1.37. The number of para-hydroxylation sites is 1. The summed E-state index contributed by atoms with van der Waals surface area (Å²) in [7, 11) is 0. The molecular formula is C23H23N3O. The lowest BCUT2D eigenvalue weighted by Crippen LogP contribution is -2.11. The van der Waals surface area contributed by atoms with E-state index in [4.69, 9.17) is 9.73 Å². The van der Waals surface area contributed by atoms with Gasteiger partial charge in [-0.3, -0.25) is 9.98 Å². The molecule has 4 nitrogen and oxygen atoms in total. The van der Waals surface area contributed by atoms with Crippen LogP contribution in [-0.2, 0) is 0 Å². The van der Waals surface area contributed by atoms with Crippen molar-refractivity contribution in [3.8, 4) is 11.6 Å². The van der Waals surface area contributed by atoms with E-state index >= 15 is 0 Å². The van der Waals surface area contributed by atoms with E-state index in [9.17, 15) is 0 Å². The molecule has 4 heteroatoms. The summed E-state index contributed by atoms with van der Waals surface area (Å²) in [6.45, 7) is 0.865. The summed E-state index contributed by atoms with van der Waals surface area (Å²) >= 11 is 0. The molecule has 0 unspecified atom stereocenters. The van der Waals surface area contributed by atoms with E-state index in [0.717, 1.165) is 42.0 Å². The first kappa shape index (κ1) is 18.5. The number of benzene rings is 1. The summed E-state index contributed by atoms with van der Waals surface area (Å²) in [5, 5.41) is 0. The van der Waals surface area contributed by atoms with Gasteiger partial charge in [0.2, 0.25) is 5.88 Å². The van der Waals surface area contributed by atoms with Crippen LogP contribution in [0.5, 0.6) is 11.6 Å². The van der Waals surface area contributed by atoms with Crippen molar-refractivity contribution in [3.05, 3.63) is 89.9 Å². The predicted molar refractivity (Wildman–Crippen MR) is 110 cm³/mol. The smallest absolute Gasteiger partial charge is 0.219 e. The van der Waals surface area contributed by atoms with Crippen LogP contribution in [-0.4, -0.2) is 22.2 Å². The quantitative estimate of drug-likeness (QED) is 0.613. The maximum atomic E-state index is 5.75. The summed E-state index contributed by atoms with van der Waals surface area (Å²) in [6, 6.07) is 17.6. The minimum Gasteiger partial charge on any atom is -0.439 e. The van der Waals surface area contributed by atoms with E-state index in [0.29, 0.717) is 5.88 Å². The molecule has 0 amide bonds. The SMILES string of the molecule is C.C(=C1/CCCN=C1c1cccnc1)/c1ccc(Oc2ccccc2)nc1. The molecule has 0 fully saturated rings. The molecule has 3 heterocycles. The predicted octanol–water partition coefficient (Wildman–Crippen LogP) is 5.57. The highest BCUT2D eigenvalue weighted by atomic mass is 16.5. The molecule has 0 saturated heterocycles. The largest absolute Gasteiger partial charge is 0.439 e. The van der Waals surface area contributed by atoms with Crippen molar-refractivity contribution in [1.29, 1.82) is 0 Å². The Kier molecular flexibility index (Phi) is 6.10. The lowest BCUT2D eigenvalue weighted by Gasteiger charge is -2.16. The monoisotopic (exact) mass is 357 g/mol. The molecule has 1 aromatic carbocycles. The van der Waals surface area contributed by atoms with Crippen molar-refractivity contribution in [2.24, 2.45) is 4.99 Å². The van der Waals surface area contributed by atoms with E-state index in [-0.39, 0.29) is 7.43 Å². The molecule has 4 rings (SSSR count). The molecule has 0 spiro atoms. The number of ether oxygens (including phenoxy) is 1. The molecular weight excluding hydrogens is 334 g/mol. The maximum absolute atomic E-state index is 5.75. The van der Waals surface area contributed by atoms with Crippen LogP contribution in [0, 0.1) is 0 Å². The van der Waals surface area contributed by atoms with E-state index in [1.54, 1.807) is 6.20 Å². The first-order chi connectivity index (χ1) is 12.9. The van der Waals surface area contributed by atoms with Gasteiger partial charge in [0, 0.05) is 36.8 Å². The molecule has 3 aromatic rings. The molecule has 0 atom stereocenters. The minimum atomic E-state index is 0. The third-order valence-corrected chi connectivity index (χ3v) is 4.18. The molecule has 0 N–H and O–H groups in total. The number of hydrogen-bond acceptors (Lipinski definition) is 4. The van der Waals surface area contributed by atoms with Gasteiger partial charge in [0.05, 0.1) is 5.71 Å². The summed E-state index contributed by atoms with van der Waals surface area (Å²) in [4.78, 5) is 13.3. The zero-order valence-electron chi connectivity index (χ0n) is 14.4. The van der Waals surface area contributed by atoms with Gasteiger partial charge in [-0.05, 0) is 60.4 Å². The zero-order valence-corrected chi connectivity index (χ0v) is 14.4. The average molecular weight is 357 g/mol. The number of hydrogen-bond donors (Lipinski definition) is 0. The maximum Gasteiger partial charge on any atom is 0.219 e. The van der Waals surface area contributed by atoms with Crippen LogP contribution in [0.15, 0.2) is 83.8 Å². The second kappa shape index (κ2) is 8.90. The Morgan fingerprint density at radius 3 is 2.56 bits per heavy atom. The van der Waals surface area contributed by atoms with Crippen LogP contribution in [0.1, 0.15) is 31.4 Å². The van der Waals surface area contributed by atoms with E-state index < -0.39 is 0 Å². The van der Waals surface area contributed by atoms with Gasteiger partial charge in [-0.25, -0.2) is 4.98 Å². The van der Waals surface area contributed by atoms with Crippen LogP contribution < -0.4 is 4.74 Å². The minimum absolute atomic E-state index is 0. The lowest BCUT2D eigenvalue weighted by molar-refractivity contribution is 0.463. The highest BCUT2D eigenvalue weighted by molar-refractivity contribution is 6.15. The van der Waals surface area contributed by atoms with Gasteiger partial charge in [0.1, 0.15) is 5.75 Å². The number of pyridine rings is 2. The fraction of sp³-hybridized carbons (Fsp3) is 0.174. The van der Waals surface area contributed by atoms with Crippen molar-refractivity contribution >= 4 is 11.8 Å². The molecule has 0 saturated carbocycles. The number of aliphatic imine (C=N–C) groups is 1. The van der Waals surface area contributed by atoms with Crippen molar-refractivity contribution in [3.63, 3.8) is 0 Å². The Morgan fingerprint density at radius 1 is 0.926 bits per heavy atom. The lowest BCUT2D eigenvalue weighted by atomic mass is 9.95. The molecule has 1 aliphatic rings. The normalized spacial score (nSPS) is 15.0. The number of rotatable bonds is 4. The Bertz CT molecular complexity index is 917. The van der Waals surface area contributed by atoms with Crippen LogP contribution in [0.3, 0.4) is 0 Å². The van der Waals surface area contributed by atoms with Gasteiger partial charge in [-0.2, -0.15) is 0 Å². The van der Waals surface area contributed by atoms with Gasteiger partial charge in [-0.15, -0.1) is 0 Å². The van der Waals surface area contributed by atoms with Gasteiger partial charge in [-0.1, -0.05) is 25.6 Å². The molecule has 27 heavy (non-hydrogen) atoms. The van der Waals surface area contributed by atoms with Crippen molar-refractivity contribution in [1.82, 2.24) is 9.97 Å². The van der Waals surface area contributed by atoms with E-state index in [1.807, 2.05) is 60.9 Å². The van der Waals surface area contributed by atoms with Crippen molar-refractivity contribution < 1.29 is 4.74 Å². The van der Waals surface area contributed by atoms with E-state index in [2.05, 4.69) is 22.1 Å². The van der Waals surface area contributed by atoms with Crippen LogP contribution in [0.4, 0.5) is 0 Å². The summed E-state index contributed by atoms with van der Waals surface area (Å²) < 4.78 is 5.75. The number of nitrogens with zero attached hydrogens (tertiary/aromatic N) is 3. The highest BCUT2D eigenvalue weighted by Gasteiger charge is 2.14.